The van der Waals surface area contributed by atoms with Crippen molar-refractivity contribution in [1.29, 1.82) is 0 Å². The first-order valence-corrected chi connectivity index (χ1v) is 12.7. The molecule has 0 bridgehead atoms. The fourth-order valence-electron chi connectivity index (χ4n) is 4.72. The van der Waals surface area contributed by atoms with Gasteiger partial charge in [0.1, 0.15) is 11.3 Å². The number of hydrogen-bond acceptors (Lipinski definition) is 7. The Morgan fingerprint density at radius 2 is 1.88 bits per heavy atom. The molecule has 3 heterocycles. The molecule has 0 spiro atoms. The van der Waals surface area contributed by atoms with Crippen molar-refractivity contribution < 1.29 is 32.2 Å². The molecule has 4 aromatic rings. The number of furan rings is 1. The summed E-state index contributed by atoms with van der Waals surface area (Å²) in [5, 5.41) is 13.9. The molecular formula is C28H32F3N5O4. The van der Waals surface area contributed by atoms with E-state index in [4.69, 9.17) is 9.15 Å². The van der Waals surface area contributed by atoms with Crippen molar-refractivity contribution in [2.75, 3.05) is 33.9 Å². The Labute approximate surface area is 229 Å². The van der Waals surface area contributed by atoms with Crippen LogP contribution in [0.3, 0.4) is 0 Å². The van der Waals surface area contributed by atoms with Gasteiger partial charge in [0, 0.05) is 35.8 Å². The number of rotatable bonds is 10. The molecule has 1 atom stereocenters. The van der Waals surface area contributed by atoms with Crippen LogP contribution in [0.15, 0.2) is 53.5 Å². The van der Waals surface area contributed by atoms with E-state index in [1.807, 2.05) is 25.8 Å². The van der Waals surface area contributed by atoms with Crippen LogP contribution < -0.4 is 4.74 Å². The second kappa shape index (κ2) is 11.7. The van der Waals surface area contributed by atoms with Gasteiger partial charge in [-0.1, -0.05) is 0 Å². The van der Waals surface area contributed by atoms with E-state index in [2.05, 4.69) is 10.1 Å². The highest BCUT2D eigenvalue weighted by atomic mass is 19.4. The molecule has 9 nitrogen and oxygen atoms in total. The number of carbonyl (C=O) groups excluding carboxylic acids is 1. The first kappa shape index (κ1) is 29.1. The number of amides is 1. The quantitative estimate of drug-likeness (QED) is 0.297. The van der Waals surface area contributed by atoms with Crippen molar-refractivity contribution in [3.8, 4) is 17.0 Å². The molecule has 12 heteroatoms. The maximum Gasteiger partial charge on any atom is 0.433 e. The minimum atomic E-state index is -4.74. The highest BCUT2D eigenvalue weighted by Crippen LogP contribution is 2.37. The van der Waals surface area contributed by atoms with Crippen LogP contribution in [0.4, 0.5) is 13.2 Å². The monoisotopic (exact) mass is 559 g/mol. The Morgan fingerprint density at radius 1 is 1.18 bits per heavy atom. The Balaban J connectivity index is 1.72. The fourth-order valence-corrected chi connectivity index (χ4v) is 4.72. The van der Waals surface area contributed by atoms with Gasteiger partial charge in [0.15, 0.2) is 11.3 Å². The van der Waals surface area contributed by atoms with Crippen molar-refractivity contribution in [1.82, 2.24) is 24.4 Å². The van der Waals surface area contributed by atoms with Crippen LogP contribution in [0.25, 0.3) is 16.9 Å². The Bertz CT molecular complexity index is 1450. The summed E-state index contributed by atoms with van der Waals surface area (Å²) in [6.07, 6.45) is -0.539. The minimum absolute atomic E-state index is 0.0369. The van der Waals surface area contributed by atoms with E-state index in [1.165, 1.54) is 20.3 Å². The van der Waals surface area contributed by atoms with E-state index in [0.29, 0.717) is 22.4 Å². The number of hydrogen-bond donors (Lipinski definition) is 1. The molecule has 1 unspecified atom stereocenters. The van der Waals surface area contributed by atoms with Gasteiger partial charge in [0.25, 0.3) is 5.91 Å². The lowest BCUT2D eigenvalue weighted by molar-refractivity contribution is -0.143. The van der Waals surface area contributed by atoms with Gasteiger partial charge >= 0.3 is 6.18 Å². The van der Waals surface area contributed by atoms with E-state index >= 15 is 0 Å². The summed E-state index contributed by atoms with van der Waals surface area (Å²) >= 11 is 0. The number of likely N-dealkylation sites (N-methyl/N-ethyl adjacent to an activating group) is 1. The zero-order valence-electron chi connectivity index (χ0n) is 22.9. The average Bonchev–Trinajstić information content (AvgIpc) is 3.58. The maximum absolute atomic E-state index is 14.3. The second-order valence-electron chi connectivity index (χ2n) is 9.78. The Kier molecular flexibility index (Phi) is 8.50. The summed E-state index contributed by atoms with van der Waals surface area (Å²) in [6.45, 7) is 5.47. The molecule has 4 rings (SSSR count). The molecule has 0 aliphatic carbocycles. The molecule has 0 fully saturated rings. The van der Waals surface area contributed by atoms with E-state index in [1.54, 1.807) is 41.5 Å². The van der Waals surface area contributed by atoms with Crippen LogP contribution in [0.1, 0.15) is 47.1 Å². The van der Waals surface area contributed by atoms with Crippen molar-refractivity contribution in [2.45, 2.75) is 39.0 Å². The third-order valence-corrected chi connectivity index (χ3v) is 6.96. The van der Waals surface area contributed by atoms with Gasteiger partial charge < -0.3 is 19.2 Å². The molecule has 1 aromatic carbocycles. The largest absolute Gasteiger partial charge is 0.497 e. The van der Waals surface area contributed by atoms with Crippen molar-refractivity contribution in [3.63, 3.8) is 0 Å². The van der Waals surface area contributed by atoms with Crippen LogP contribution in [-0.2, 0) is 6.18 Å². The molecule has 40 heavy (non-hydrogen) atoms. The molecule has 0 saturated heterocycles. The predicted molar refractivity (Wildman–Crippen MR) is 142 cm³/mol. The number of methoxy groups -OCH3 is 1. The number of alkyl halides is 3. The number of carbonyl (C=O) groups is 1. The van der Waals surface area contributed by atoms with Gasteiger partial charge in [-0.05, 0) is 58.2 Å². The summed E-state index contributed by atoms with van der Waals surface area (Å²) in [5.74, 6) is 0.0555. The highest BCUT2D eigenvalue weighted by Gasteiger charge is 2.39. The number of aliphatic hydroxyl groups is 1. The zero-order valence-corrected chi connectivity index (χ0v) is 22.9. The van der Waals surface area contributed by atoms with Gasteiger partial charge in [0.2, 0.25) is 0 Å². The maximum atomic E-state index is 14.3. The van der Waals surface area contributed by atoms with Crippen molar-refractivity contribution in [3.05, 3.63) is 71.4 Å². The van der Waals surface area contributed by atoms with Crippen LogP contribution in [0, 0.1) is 6.92 Å². The van der Waals surface area contributed by atoms with Gasteiger partial charge in [-0.2, -0.15) is 18.3 Å². The van der Waals surface area contributed by atoms with E-state index < -0.39 is 17.8 Å². The third kappa shape index (κ3) is 5.68. The standard InChI is InChI=1S/C28H32F3N5O4/c1-17(2)35(12-11-34(4)23(15-37)20-10-13-40-16-20)27(38)22-14-32-36-25(28(29,30)31)18(3)24(33-26(22)36)19-6-8-21(39-5)9-7-19/h6-10,13-14,16-17,23,37H,11-12,15H2,1-5H3. The first-order chi connectivity index (χ1) is 19.0. The minimum Gasteiger partial charge on any atom is -0.497 e. The summed E-state index contributed by atoms with van der Waals surface area (Å²) < 4.78 is 53.9. The third-order valence-electron chi connectivity index (χ3n) is 6.96. The average molecular weight is 560 g/mol. The van der Waals surface area contributed by atoms with Gasteiger partial charge in [-0.3, -0.25) is 9.69 Å². The predicted octanol–water partition coefficient (Wildman–Crippen LogP) is 4.84. The summed E-state index contributed by atoms with van der Waals surface area (Å²) in [4.78, 5) is 21.7. The van der Waals surface area contributed by atoms with Crippen LogP contribution in [-0.4, -0.2) is 75.3 Å². The molecule has 0 aliphatic rings. The van der Waals surface area contributed by atoms with Gasteiger partial charge in [-0.25, -0.2) is 9.50 Å². The molecule has 214 valence electrons. The Morgan fingerprint density at radius 3 is 2.42 bits per heavy atom. The van der Waals surface area contributed by atoms with Crippen LogP contribution in [0.2, 0.25) is 0 Å². The first-order valence-electron chi connectivity index (χ1n) is 12.7. The summed E-state index contributed by atoms with van der Waals surface area (Å²) in [5.41, 5.74) is 0.0131. The molecule has 1 amide bonds. The zero-order chi connectivity index (χ0) is 29.2. The fraction of sp³-hybridized carbons (Fsp3) is 0.393. The number of nitrogens with zero attached hydrogens (tertiary/aromatic N) is 5. The lowest BCUT2D eigenvalue weighted by Gasteiger charge is -2.31. The molecule has 3 aromatic heterocycles. The molecule has 0 radical (unpaired) electrons. The van der Waals surface area contributed by atoms with E-state index in [9.17, 15) is 23.1 Å². The van der Waals surface area contributed by atoms with Gasteiger partial charge in [-0.15, -0.1) is 0 Å². The second-order valence-corrected chi connectivity index (χ2v) is 9.78. The summed E-state index contributed by atoms with van der Waals surface area (Å²) in [7, 11) is 3.31. The molecule has 0 aliphatic heterocycles. The lowest BCUT2D eigenvalue weighted by Crippen LogP contribution is -2.42. The Hall–Kier alpha value is -3.90. The number of aliphatic hydroxyl groups excluding tert-OH is 1. The highest BCUT2D eigenvalue weighted by molar-refractivity contribution is 6.00. The summed E-state index contributed by atoms with van der Waals surface area (Å²) in [6, 6.07) is 7.66. The number of fused-ring (bicyclic) bond motifs is 1. The SMILES string of the molecule is COc1ccc(-c2nc3c(C(=O)N(CCN(C)C(CO)c4ccoc4)C(C)C)cnn3c(C(F)(F)F)c2C)cc1. The van der Waals surface area contributed by atoms with E-state index in [0.717, 1.165) is 11.8 Å². The molecule has 0 saturated carbocycles. The number of ether oxygens (including phenoxy) is 1. The van der Waals surface area contributed by atoms with Crippen LogP contribution in [0.5, 0.6) is 5.75 Å². The lowest BCUT2D eigenvalue weighted by atomic mass is 10.0. The van der Waals surface area contributed by atoms with Crippen LogP contribution >= 0.6 is 0 Å². The smallest absolute Gasteiger partial charge is 0.433 e. The normalized spacial score (nSPS) is 12.9. The number of halogens is 3. The topological polar surface area (TPSA) is 96.3 Å². The van der Waals surface area contributed by atoms with Crippen molar-refractivity contribution in [2.24, 2.45) is 0 Å². The van der Waals surface area contributed by atoms with Crippen molar-refractivity contribution >= 4 is 11.6 Å². The molecule has 1 N–H and O–H groups in total. The van der Waals surface area contributed by atoms with E-state index in [-0.39, 0.29) is 47.7 Å². The molecular weight excluding hydrogens is 527 g/mol. The van der Waals surface area contributed by atoms with Gasteiger partial charge in [0.05, 0.1) is 44.2 Å². The number of aromatic nitrogens is 3. The number of benzene rings is 1.